The van der Waals surface area contributed by atoms with Crippen LogP contribution in [0.1, 0.15) is 20.8 Å². The summed E-state index contributed by atoms with van der Waals surface area (Å²) in [6.45, 7) is 7.11. The van der Waals surface area contributed by atoms with Crippen molar-refractivity contribution in [1.29, 1.82) is 0 Å². The third-order valence-corrected chi connectivity index (χ3v) is 10.8. The predicted molar refractivity (Wildman–Crippen MR) is 96.1 cm³/mol. The quantitative estimate of drug-likeness (QED) is 0.481. The van der Waals surface area contributed by atoms with E-state index in [1.54, 1.807) is 5.19 Å². The van der Waals surface area contributed by atoms with Crippen LogP contribution in [0.5, 0.6) is 0 Å². The van der Waals surface area contributed by atoms with E-state index in [1.165, 1.54) is 39.8 Å². The molecule has 1 aromatic heterocycles. The van der Waals surface area contributed by atoms with Crippen molar-refractivity contribution in [1.82, 2.24) is 4.98 Å². The molecule has 0 saturated heterocycles. The maximum absolute atomic E-state index is 4.71. The van der Waals surface area contributed by atoms with E-state index in [4.69, 9.17) is 4.98 Å². The van der Waals surface area contributed by atoms with Crippen LogP contribution in [-0.2, 0) is 0 Å². The zero-order valence-corrected chi connectivity index (χ0v) is 14.2. The van der Waals surface area contributed by atoms with E-state index >= 15 is 0 Å². The van der Waals surface area contributed by atoms with Gasteiger partial charge in [-0.05, 0) is 16.6 Å². The lowest BCUT2D eigenvalue weighted by Crippen LogP contribution is -2.46. The van der Waals surface area contributed by atoms with Crippen molar-refractivity contribution in [3.63, 3.8) is 0 Å². The lowest BCUT2D eigenvalue weighted by Gasteiger charge is -2.30. The summed E-state index contributed by atoms with van der Waals surface area (Å²) >= 11 is 0. The Labute approximate surface area is 128 Å². The highest BCUT2D eigenvalue weighted by atomic mass is 28.3. The van der Waals surface area contributed by atoms with Gasteiger partial charge in [-0.2, -0.15) is 0 Å². The molecule has 3 rings (SSSR count). The van der Waals surface area contributed by atoms with Gasteiger partial charge in [-0.25, -0.2) is 0 Å². The topological polar surface area (TPSA) is 12.9 Å². The summed E-state index contributed by atoms with van der Waals surface area (Å²) in [7, 11) is -1.42. The van der Waals surface area contributed by atoms with Crippen LogP contribution < -0.4 is 5.19 Å². The fourth-order valence-corrected chi connectivity index (χ4v) is 7.56. The number of fused-ring (bicyclic) bond motifs is 3. The SMILES string of the molecule is CC[Si](CC)(CC)c1cccc2ccc3cccnc3c12. The predicted octanol–water partition coefficient (Wildman–Crippen LogP) is 5.10. The molecule has 3 aromatic rings. The Morgan fingerprint density at radius 2 is 1.48 bits per heavy atom. The maximum atomic E-state index is 4.71. The molecule has 0 radical (unpaired) electrons. The van der Waals surface area contributed by atoms with Crippen LogP contribution in [0.4, 0.5) is 0 Å². The molecule has 0 N–H and O–H groups in total. The highest BCUT2D eigenvalue weighted by Crippen LogP contribution is 2.28. The van der Waals surface area contributed by atoms with Gasteiger partial charge < -0.3 is 0 Å². The average Bonchev–Trinajstić information content (AvgIpc) is 2.57. The Morgan fingerprint density at radius 1 is 0.810 bits per heavy atom. The van der Waals surface area contributed by atoms with Gasteiger partial charge in [0.2, 0.25) is 0 Å². The highest BCUT2D eigenvalue weighted by Gasteiger charge is 2.31. The second kappa shape index (κ2) is 5.61. The van der Waals surface area contributed by atoms with Crippen LogP contribution >= 0.6 is 0 Å². The summed E-state index contributed by atoms with van der Waals surface area (Å²) in [6, 6.07) is 19.4. The van der Waals surface area contributed by atoms with Crippen LogP contribution in [-0.4, -0.2) is 13.1 Å². The van der Waals surface area contributed by atoms with E-state index in [9.17, 15) is 0 Å². The van der Waals surface area contributed by atoms with Gasteiger partial charge in [-0.1, -0.05) is 75.3 Å². The Morgan fingerprint density at radius 3 is 2.19 bits per heavy atom. The molecule has 0 spiro atoms. The minimum absolute atomic E-state index is 1.18. The van der Waals surface area contributed by atoms with Crippen LogP contribution in [0.25, 0.3) is 21.7 Å². The van der Waals surface area contributed by atoms with E-state index in [0.29, 0.717) is 0 Å². The number of aromatic nitrogens is 1. The van der Waals surface area contributed by atoms with Crippen molar-refractivity contribution in [2.45, 2.75) is 38.9 Å². The van der Waals surface area contributed by atoms with Crippen molar-refractivity contribution >= 4 is 34.9 Å². The van der Waals surface area contributed by atoms with Crippen molar-refractivity contribution in [3.05, 3.63) is 48.7 Å². The lowest BCUT2D eigenvalue weighted by molar-refractivity contribution is 1.20. The zero-order chi connectivity index (χ0) is 14.9. The Balaban J connectivity index is 2.45. The molecule has 0 aliphatic heterocycles. The molecular formula is C19H23NSi. The van der Waals surface area contributed by atoms with Gasteiger partial charge in [0.1, 0.15) is 0 Å². The van der Waals surface area contributed by atoms with Crippen LogP contribution in [0.3, 0.4) is 0 Å². The maximum Gasteiger partial charge on any atom is 0.0868 e. The van der Waals surface area contributed by atoms with Crippen molar-refractivity contribution in [3.8, 4) is 0 Å². The molecule has 0 unspecified atom stereocenters. The summed E-state index contributed by atoms with van der Waals surface area (Å²) in [5.41, 5.74) is 1.18. The third-order valence-electron chi connectivity index (χ3n) is 5.22. The molecule has 1 heterocycles. The number of hydrogen-bond donors (Lipinski definition) is 0. The first kappa shape index (κ1) is 14.3. The lowest BCUT2D eigenvalue weighted by atomic mass is 10.1. The number of rotatable bonds is 4. The molecule has 0 bridgehead atoms. The van der Waals surface area contributed by atoms with E-state index in [-0.39, 0.29) is 0 Å². The molecule has 0 aliphatic rings. The monoisotopic (exact) mass is 293 g/mol. The van der Waals surface area contributed by atoms with E-state index in [1.807, 2.05) is 12.3 Å². The summed E-state index contributed by atoms with van der Waals surface area (Å²) < 4.78 is 0. The average molecular weight is 293 g/mol. The first-order chi connectivity index (χ1) is 10.3. The standard InChI is InChI=1S/C19H23NSi/c1-4-21(5-2,6-3)17-11-7-9-15-12-13-16-10-8-14-20-19(16)18(15)17/h7-14H,4-6H2,1-3H3. The fourth-order valence-electron chi connectivity index (χ4n) is 3.68. The molecule has 2 heteroatoms. The van der Waals surface area contributed by atoms with Gasteiger partial charge in [0.05, 0.1) is 13.6 Å². The highest BCUT2D eigenvalue weighted by molar-refractivity contribution is 6.93. The Kier molecular flexibility index (Phi) is 3.81. The van der Waals surface area contributed by atoms with E-state index in [0.717, 1.165) is 0 Å². The number of pyridine rings is 1. The van der Waals surface area contributed by atoms with Crippen LogP contribution in [0, 0.1) is 0 Å². The van der Waals surface area contributed by atoms with Gasteiger partial charge in [0, 0.05) is 17.0 Å². The molecule has 0 fully saturated rings. The van der Waals surface area contributed by atoms with Crippen LogP contribution in [0.15, 0.2) is 48.7 Å². The molecular weight excluding hydrogens is 270 g/mol. The van der Waals surface area contributed by atoms with Gasteiger partial charge in [-0.3, -0.25) is 4.98 Å². The van der Waals surface area contributed by atoms with Gasteiger partial charge in [0.15, 0.2) is 0 Å². The van der Waals surface area contributed by atoms with Gasteiger partial charge in [-0.15, -0.1) is 0 Å². The largest absolute Gasteiger partial charge is 0.256 e. The Hall–Kier alpha value is -1.67. The molecule has 108 valence electrons. The second-order valence-electron chi connectivity index (χ2n) is 5.89. The second-order valence-corrected chi connectivity index (χ2v) is 11.1. The Bertz CT molecular complexity index is 766. The number of nitrogens with zero attached hydrogens (tertiary/aromatic N) is 1. The van der Waals surface area contributed by atoms with Crippen molar-refractivity contribution < 1.29 is 0 Å². The smallest absolute Gasteiger partial charge is 0.0868 e. The number of benzene rings is 2. The molecule has 2 aromatic carbocycles. The molecule has 1 nitrogen and oxygen atoms in total. The summed E-state index contributed by atoms with van der Waals surface area (Å²) in [4.78, 5) is 4.71. The van der Waals surface area contributed by atoms with Gasteiger partial charge >= 0.3 is 0 Å². The molecule has 21 heavy (non-hydrogen) atoms. The summed E-state index contributed by atoms with van der Waals surface area (Å²) in [5, 5.41) is 5.61. The summed E-state index contributed by atoms with van der Waals surface area (Å²) in [5.74, 6) is 0. The molecule has 0 saturated carbocycles. The van der Waals surface area contributed by atoms with Crippen molar-refractivity contribution in [2.75, 3.05) is 0 Å². The number of hydrogen-bond acceptors (Lipinski definition) is 1. The first-order valence-electron chi connectivity index (χ1n) is 8.02. The minimum Gasteiger partial charge on any atom is -0.256 e. The molecule has 0 aliphatic carbocycles. The van der Waals surface area contributed by atoms with Gasteiger partial charge in [0.25, 0.3) is 0 Å². The molecule has 0 amide bonds. The van der Waals surface area contributed by atoms with Crippen LogP contribution in [0.2, 0.25) is 18.1 Å². The van der Waals surface area contributed by atoms with E-state index in [2.05, 4.69) is 57.2 Å². The molecule has 0 atom stereocenters. The minimum atomic E-state index is -1.42. The first-order valence-corrected chi connectivity index (χ1v) is 10.6. The van der Waals surface area contributed by atoms with Crippen molar-refractivity contribution in [2.24, 2.45) is 0 Å². The normalized spacial score (nSPS) is 12.1. The van der Waals surface area contributed by atoms with E-state index < -0.39 is 8.07 Å². The zero-order valence-electron chi connectivity index (χ0n) is 13.2. The summed E-state index contributed by atoms with van der Waals surface area (Å²) in [6.07, 6.45) is 1.92. The fraction of sp³-hybridized carbons (Fsp3) is 0.316. The third kappa shape index (κ3) is 2.18.